The van der Waals surface area contributed by atoms with Crippen LogP contribution in [0.4, 0.5) is 0 Å². The Balaban J connectivity index is 2.84. The van der Waals surface area contributed by atoms with Crippen molar-refractivity contribution in [2.75, 3.05) is 0 Å². The quantitative estimate of drug-likeness (QED) is 0.900. The number of amides is 1. The number of carbonyl (C=O) groups excluding carboxylic acids is 1. The van der Waals surface area contributed by atoms with Crippen molar-refractivity contribution in [1.82, 2.24) is 5.32 Å². The Morgan fingerprint density at radius 3 is 2.56 bits per heavy atom. The summed E-state index contributed by atoms with van der Waals surface area (Å²) in [5.74, 6) is -1.56. The summed E-state index contributed by atoms with van der Waals surface area (Å²) in [5, 5.41) is 11.4. The minimum Gasteiger partial charge on any atom is -0.480 e. The number of nitrogens with one attached hydrogen (secondary N) is 1. The van der Waals surface area contributed by atoms with Crippen LogP contribution in [0.2, 0.25) is 5.02 Å². The molecule has 6 heteroatoms. The molecule has 16 heavy (non-hydrogen) atoms. The van der Waals surface area contributed by atoms with Gasteiger partial charge < -0.3 is 10.4 Å². The first kappa shape index (κ1) is 13.0. The number of hydrogen-bond donors (Lipinski definition) is 2. The Morgan fingerprint density at radius 1 is 1.44 bits per heavy atom. The van der Waals surface area contributed by atoms with Crippen LogP contribution in [0.5, 0.6) is 0 Å². The van der Waals surface area contributed by atoms with Gasteiger partial charge in [0, 0.05) is 15.1 Å². The topological polar surface area (TPSA) is 66.4 Å². The summed E-state index contributed by atoms with van der Waals surface area (Å²) in [5.41, 5.74) is 0.312. The summed E-state index contributed by atoms with van der Waals surface area (Å²) >= 11 is 8.96. The molecule has 1 amide bonds. The van der Waals surface area contributed by atoms with E-state index < -0.39 is 17.9 Å². The van der Waals surface area contributed by atoms with E-state index >= 15 is 0 Å². The minimum absolute atomic E-state index is 0.312. The maximum absolute atomic E-state index is 11.6. The third kappa shape index (κ3) is 3.50. The average molecular weight is 307 g/mol. The van der Waals surface area contributed by atoms with Crippen LogP contribution in [0.25, 0.3) is 0 Å². The van der Waals surface area contributed by atoms with E-state index in [2.05, 4.69) is 21.2 Å². The van der Waals surface area contributed by atoms with Crippen LogP contribution in [0, 0.1) is 0 Å². The molecule has 2 N–H and O–H groups in total. The number of rotatable bonds is 3. The molecule has 0 aliphatic heterocycles. The largest absolute Gasteiger partial charge is 0.480 e. The van der Waals surface area contributed by atoms with Gasteiger partial charge in [0.2, 0.25) is 0 Å². The molecule has 0 bridgehead atoms. The molecule has 0 aromatic heterocycles. The van der Waals surface area contributed by atoms with Gasteiger partial charge in [-0.3, -0.25) is 9.59 Å². The summed E-state index contributed by atoms with van der Waals surface area (Å²) in [7, 11) is 0. The van der Waals surface area contributed by atoms with Gasteiger partial charge in [0.05, 0.1) is 0 Å². The maximum Gasteiger partial charge on any atom is 0.325 e. The van der Waals surface area contributed by atoms with Crippen LogP contribution in [-0.4, -0.2) is 23.0 Å². The van der Waals surface area contributed by atoms with E-state index in [0.717, 1.165) is 0 Å². The Morgan fingerprint density at radius 2 is 2.06 bits per heavy atom. The summed E-state index contributed by atoms with van der Waals surface area (Å²) in [6, 6.07) is 3.73. The van der Waals surface area contributed by atoms with Crippen LogP contribution in [0.1, 0.15) is 17.3 Å². The SMILES string of the molecule is C[C@@H](NC(=O)c1cc(Cl)cc(Br)c1)C(=O)O. The number of carboxylic acids is 1. The van der Waals surface area contributed by atoms with Crippen molar-refractivity contribution in [3.8, 4) is 0 Å². The van der Waals surface area contributed by atoms with Crippen molar-refractivity contribution in [2.45, 2.75) is 13.0 Å². The summed E-state index contributed by atoms with van der Waals surface area (Å²) in [4.78, 5) is 22.2. The first-order valence-electron chi connectivity index (χ1n) is 4.40. The van der Waals surface area contributed by atoms with E-state index in [-0.39, 0.29) is 0 Å². The van der Waals surface area contributed by atoms with Crippen molar-refractivity contribution in [3.63, 3.8) is 0 Å². The fraction of sp³-hybridized carbons (Fsp3) is 0.200. The number of carboxylic acid groups (broad SMARTS) is 1. The molecule has 0 saturated carbocycles. The third-order valence-electron chi connectivity index (χ3n) is 1.84. The molecule has 1 aromatic rings. The predicted octanol–water partition coefficient (Wildman–Crippen LogP) is 2.31. The molecule has 4 nitrogen and oxygen atoms in total. The Bertz CT molecular complexity index is 416. The smallest absolute Gasteiger partial charge is 0.325 e. The van der Waals surface area contributed by atoms with Gasteiger partial charge in [0.15, 0.2) is 0 Å². The fourth-order valence-electron chi connectivity index (χ4n) is 1.03. The van der Waals surface area contributed by atoms with Gasteiger partial charge in [0.25, 0.3) is 5.91 Å². The minimum atomic E-state index is -1.09. The van der Waals surface area contributed by atoms with Crippen LogP contribution in [-0.2, 0) is 4.79 Å². The maximum atomic E-state index is 11.6. The van der Waals surface area contributed by atoms with E-state index in [1.165, 1.54) is 13.0 Å². The van der Waals surface area contributed by atoms with Crippen molar-refractivity contribution in [2.24, 2.45) is 0 Å². The van der Waals surface area contributed by atoms with Gasteiger partial charge in [0.1, 0.15) is 6.04 Å². The molecular formula is C10H9BrClNO3. The second kappa shape index (κ2) is 5.32. The third-order valence-corrected chi connectivity index (χ3v) is 2.52. The standard InChI is InChI=1S/C10H9BrClNO3/c1-5(10(15)16)13-9(14)6-2-7(11)4-8(12)3-6/h2-5H,1H3,(H,13,14)(H,15,16)/t5-/m1/s1. The molecule has 0 unspecified atom stereocenters. The molecule has 1 rings (SSSR count). The molecule has 0 aliphatic rings. The van der Waals surface area contributed by atoms with E-state index in [4.69, 9.17) is 16.7 Å². The van der Waals surface area contributed by atoms with Crippen LogP contribution in [0.3, 0.4) is 0 Å². The lowest BCUT2D eigenvalue weighted by molar-refractivity contribution is -0.138. The summed E-state index contributed by atoms with van der Waals surface area (Å²) in [6.45, 7) is 1.39. The van der Waals surface area contributed by atoms with Gasteiger partial charge >= 0.3 is 5.97 Å². The zero-order chi connectivity index (χ0) is 12.3. The number of benzene rings is 1. The van der Waals surface area contributed by atoms with Gasteiger partial charge in [-0.05, 0) is 25.1 Å². The van der Waals surface area contributed by atoms with Crippen molar-refractivity contribution in [1.29, 1.82) is 0 Å². The monoisotopic (exact) mass is 305 g/mol. The molecule has 0 heterocycles. The number of hydrogen-bond acceptors (Lipinski definition) is 2. The first-order chi connectivity index (χ1) is 7.40. The Labute approximate surface area is 106 Å². The van der Waals surface area contributed by atoms with Crippen LogP contribution >= 0.6 is 27.5 Å². The summed E-state index contributed by atoms with van der Waals surface area (Å²) in [6.07, 6.45) is 0. The van der Waals surface area contributed by atoms with Crippen molar-refractivity contribution in [3.05, 3.63) is 33.3 Å². The number of carbonyl (C=O) groups is 2. The Kier molecular flexibility index (Phi) is 4.32. The Hall–Kier alpha value is -1.07. The zero-order valence-corrected chi connectivity index (χ0v) is 10.7. The molecular weight excluding hydrogens is 297 g/mol. The average Bonchev–Trinajstić information content (AvgIpc) is 2.15. The lowest BCUT2D eigenvalue weighted by Crippen LogP contribution is -2.38. The molecule has 0 radical (unpaired) electrons. The van der Waals surface area contributed by atoms with E-state index in [9.17, 15) is 9.59 Å². The van der Waals surface area contributed by atoms with Crippen LogP contribution in [0.15, 0.2) is 22.7 Å². The highest BCUT2D eigenvalue weighted by Gasteiger charge is 2.15. The molecule has 1 atom stereocenters. The van der Waals surface area contributed by atoms with Crippen molar-refractivity contribution < 1.29 is 14.7 Å². The molecule has 0 aliphatic carbocycles. The second-order valence-electron chi connectivity index (χ2n) is 3.19. The van der Waals surface area contributed by atoms with Gasteiger partial charge in [-0.2, -0.15) is 0 Å². The zero-order valence-electron chi connectivity index (χ0n) is 8.33. The van der Waals surface area contributed by atoms with Gasteiger partial charge in [-0.25, -0.2) is 0 Å². The van der Waals surface area contributed by atoms with Gasteiger partial charge in [-0.1, -0.05) is 27.5 Å². The first-order valence-corrected chi connectivity index (χ1v) is 5.57. The molecule has 86 valence electrons. The lowest BCUT2D eigenvalue weighted by atomic mass is 10.2. The second-order valence-corrected chi connectivity index (χ2v) is 4.54. The van der Waals surface area contributed by atoms with Crippen LogP contribution < -0.4 is 5.32 Å². The molecule has 0 fully saturated rings. The number of halogens is 2. The highest BCUT2D eigenvalue weighted by Crippen LogP contribution is 2.19. The van der Waals surface area contributed by atoms with Gasteiger partial charge in [-0.15, -0.1) is 0 Å². The highest BCUT2D eigenvalue weighted by atomic mass is 79.9. The predicted molar refractivity (Wildman–Crippen MR) is 63.7 cm³/mol. The van der Waals surface area contributed by atoms with E-state index in [1.54, 1.807) is 12.1 Å². The van der Waals surface area contributed by atoms with Crippen molar-refractivity contribution >= 4 is 39.4 Å². The van der Waals surface area contributed by atoms with E-state index in [1.807, 2.05) is 0 Å². The molecule has 0 spiro atoms. The number of aliphatic carboxylic acids is 1. The molecule has 1 aromatic carbocycles. The summed E-state index contributed by atoms with van der Waals surface area (Å²) < 4.78 is 0.660. The normalized spacial score (nSPS) is 11.9. The fourth-order valence-corrected chi connectivity index (χ4v) is 1.89. The van der Waals surface area contributed by atoms with E-state index in [0.29, 0.717) is 15.1 Å². The lowest BCUT2D eigenvalue weighted by Gasteiger charge is -2.09. The highest BCUT2D eigenvalue weighted by molar-refractivity contribution is 9.10. The molecule has 0 saturated heterocycles.